The average molecular weight is 182 g/mol. The molecule has 0 aliphatic carbocycles. The minimum atomic E-state index is 0.596. The summed E-state index contributed by atoms with van der Waals surface area (Å²) in [6.07, 6.45) is 8.86. The standard InChI is InChI=1S/C11H22N2/c1-10(2)6-5-7-11-12(3)8-9-13(11)4/h8-11H,5-7H2,1-4H3. The summed E-state index contributed by atoms with van der Waals surface area (Å²) in [6.45, 7) is 4.58. The summed E-state index contributed by atoms with van der Waals surface area (Å²) in [7, 11) is 4.31. The van der Waals surface area contributed by atoms with Crippen LogP contribution in [0.1, 0.15) is 33.1 Å². The summed E-state index contributed by atoms with van der Waals surface area (Å²) in [5.41, 5.74) is 0. The maximum atomic E-state index is 2.29. The Bertz CT molecular complexity index is 163. The lowest BCUT2D eigenvalue weighted by Gasteiger charge is -2.27. The Labute approximate surface area is 82.2 Å². The van der Waals surface area contributed by atoms with Crippen LogP contribution in [0.15, 0.2) is 12.4 Å². The molecule has 0 fully saturated rings. The third-order valence-electron chi connectivity index (χ3n) is 2.72. The van der Waals surface area contributed by atoms with Crippen molar-refractivity contribution in [3.05, 3.63) is 12.4 Å². The molecule has 0 N–H and O–H groups in total. The molecule has 0 unspecified atom stereocenters. The van der Waals surface area contributed by atoms with Crippen LogP contribution in [-0.2, 0) is 0 Å². The lowest BCUT2D eigenvalue weighted by Crippen LogP contribution is -2.33. The van der Waals surface area contributed by atoms with Gasteiger partial charge in [0, 0.05) is 26.5 Å². The van der Waals surface area contributed by atoms with E-state index in [1.54, 1.807) is 0 Å². The highest BCUT2D eigenvalue weighted by Crippen LogP contribution is 2.18. The largest absolute Gasteiger partial charge is 0.359 e. The van der Waals surface area contributed by atoms with Crippen LogP contribution in [0.2, 0.25) is 0 Å². The van der Waals surface area contributed by atoms with Gasteiger partial charge in [-0.15, -0.1) is 0 Å². The van der Waals surface area contributed by atoms with Gasteiger partial charge in [0.25, 0.3) is 0 Å². The number of rotatable bonds is 4. The minimum Gasteiger partial charge on any atom is -0.359 e. The van der Waals surface area contributed by atoms with Gasteiger partial charge in [-0.2, -0.15) is 0 Å². The lowest BCUT2D eigenvalue weighted by molar-refractivity contribution is 0.186. The second kappa shape index (κ2) is 4.54. The van der Waals surface area contributed by atoms with Crippen molar-refractivity contribution in [2.24, 2.45) is 5.92 Å². The van der Waals surface area contributed by atoms with Gasteiger partial charge < -0.3 is 9.80 Å². The molecule has 1 heterocycles. The highest BCUT2D eigenvalue weighted by molar-refractivity contribution is 4.93. The second-order valence-corrected chi connectivity index (χ2v) is 4.43. The van der Waals surface area contributed by atoms with E-state index in [0.29, 0.717) is 6.17 Å². The Balaban J connectivity index is 2.21. The Morgan fingerprint density at radius 1 is 1.15 bits per heavy atom. The van der Waals surface area contributed by atoms with Gasteiger partial charge >= 0.3 is 0 Å². The van der Waals surface area contributed by atoms with Crippen LogP contribution in [0.5, 0.6) is 0 Å². The van der Waals surface area contributed by atoms with Gasteiger partial charge in [0.05, 0.1) is 0 Å². The normalized spacial score (nSPS) is 17.9. The molecular weight excluding hydrogens is 160 g/mol. The van der Waals surface area contributed by atoms with Crippen LogP contribution >= 0.6 is 0 Å². The molecule has 1 rings (SSSR count). The van der Waals surface area contributed by atoms with Gasteiger partial charge in [0.15, 0.2) is 0 Å². The van der Waals surface area contributed by atoms with Gasteiger partial charge in [0.1, 0.15) is 6.17 Å². The Morgan fingerprint density at radius 2 is 1.69 bits per heavy atom. The highest BCUT2D eigenvalue weighted by Gasteiger charge is 2.19. The molecule has 0 radical (unpaired) electrons. The Hall–Kier alpha value is -0.660. The van der Waals surface area contributed by atoms with E-state index in [1.165, 1.54) is 19.3 Å². The molecule has 0 aromatic heterocycles. The first-order valence-electron chi connectivity index (χ1n) is 5.23. The first-order valence-corrected chi connectivity index (χ1v) is 5.23. The first kappa shape index (κ1) is 10.4. The number of hydrogen-bond donors (Lipinski definition) is 0. The van der Waals surface area contributed by atoms with E-state index in [2.05, 4.69) is 50.1 Å². The zero-order chi connectivity index (χ0) is 9.84. The third-order valence-corrected chi connectivity index (χ3v) is 2.72. The molecule has 2 nitrogen and oxygen atoms in total. The minimum absolute atomic E-state index is 0.596. The quantitative estimate of drug-likeness (QED) is 0.659. The molecule has 76 valence electrons. The van der Waals surface area contributed by atoms with Gasteiger partial charge in [-0.05, 0) is 18.8 Å². The topological polar surface area (TPSA) is 6.48 Å². The summed E-state index contributed by atoms with van der Waals surface area (Å²) in [4.78, 5) is 4.58. The fourth-order valence-electron chi connectivity index (χ4n) is 1.81. The molecular formula is C11H22N2. The molecule has 0 aromatic rings. The summed E-state index contributed by atoms with van der Waals surface area (Å²) in [5.74, 6) is 0.838. The van der Waals surface area contributed by atoms with Crippen LogP contribution in [0.4, 0.5) is 0 Å². The number of nitrogens with zero attached hydrogens (tertiary/aromatic N) is 2. The van der Waals surface area contributed by atoms with E-state index in [0.717, 1.165) is 5.92 Å². The molecule has 1 aliphatic rings. The predicted octanol–water partition coefficient (Wildman–Crippen LogP) is 2.49. The Kier molecular flexibility index (Phi) is 3.64. The first-order chi connectivity index (χ1) is 6.11. The average Bonchev–Trinajstić information content (AvgIpc) is 2.34. The van der Waals surface area contributed by atoms with E-state index in [9.17, 15) is 0 Å². The van der Waals surface area contributed by atoms with Crippen LogP contribution in [0.25, 0.3) is 0 Å². The molecule has 0 aromatic carbocycles. The highest BCUT2D eigenvalue weighted by atomic mass is 15.4. The maximum absolute atomic E-state index is 2.29. The smallest absolute Gasteiger partial charge is 0.100 e. The summed E-state index contributed by atoms with van der Waals surface area (Å²) in [5, 5.41) is 0. The monoisotopic (exact) mass is 182 g/mol. The molecule has 0 saturated heterocycles. The predicted molar refractivity (Wildman–Crippen MR) is 57.1 cm³/mol. The summed E-state index contributed by atoms with van der Waals surface area (Å²) >= 11 is 0. The Morgan fingerprint density at radius 3 is 2.15 bits per heavy atom. The van der Waals surface area contributed by atoms with Crippen molar-refractivity contribution in [2.75, 3.05) is 14.1 Å². The molecule has 0 amide bonds. The van der Waals surface area contributed by atoms with Gasteiger partial charge in [-0.1, -0.05) is 20.3 Å². The molecule has 0 atom stereocenters. The van der Waals surface area contributed by atoms with Gasteiger partial charge in [-0.25, -0.2) is 0 Å². The second-order valence-electron chi connectivity index (χ2n) is 4.43. The lowest BCUT2D eigenvalue weighted by atomic mass is 10.1. The van der Waals surface area contributed by atoms with Gasteiger partial charge in [-0.3, -0.25) is 0 Å². The summed E-state index contributed by atoms with van der Waals surface area (Å²) in [6, 6.07) is 0. The molecule has 0 bridgehead atoms. The zero-order valence-corrected chi connectivity index (χ0v) is 9.33. The van der Waals surface area contributed by atoms with Gasteiger partial charge in [0.2, 0.25) is 0 Å². The summed E-state index contributed by atoms with van der Waals surface area (Å²) < 4.78 is 0. The van der Waals surface area contributed by atoms with Crippen LogP contribution in [-0.4, -0.2) is 30.1 Å². The van der Waals surface area contributed by atoms with Crippen LogP contribution in [0, 0.1) is 5.92 Å². The van der Waals surface area contributed by atoms with Crippen LogP contribution in [0.3, 0.4) is 0 Å². The fourth-order valence-corrected chi connectivity index (χ4v) is 1.81. The van der Waals surface area contributed by atoms with E-state index in [4.69, 9.17) is 0 Å². The molecule has 0 saturated carbocycles. The van der Waals surface area contributed by atoms with Crippen molar-refractivity contribution in [1.82, 2.24) is 9.80 Å². The van der Waals surface area contributed by atoms with E-state index in [1.807, 2.05) is 0 Å². The SMILES string of the molecule is CC(C)CCCC1N(C)C=CN1C. The maximum Gasteiger partial charge on any atom is 0.100 e. The molecule has 1 aliphatic heterocycles. The van der Waals surface area contributed by atoms with E-state index in [-0.39, 0.29) is 0 Å². The number of hydrogen-bond acceptors (Lipinski definition) is 2. The van der Waals surface area contributed by atoms with Crippen molar-refractivity contribution < 1.29 is 0 Å². The zero-order valence-electron chi connectivity index (χ0n) is 9.33. The van der Waals surface area contributed by atoms with Crippen molar-refractivity contribution in [3.63, 3.8) is 0 Å². The van der Waals surface area contributed by atoms with Crippen LogP contribution < -0.4 is 0 Å². The molecule has 2 heteroatoms. The van der Waals surface area contributed by atoms with Crippen molar-refractivity contribution in [1.29, 1.82) is 0 Å². The fraction of sp³-hybridized carbons (Fsp3) is 0.818. The van der Waals surface area contributed by atoms with Crippen molar-refractivity contribution >= 4 is 0 Å². The van der Waals surface area contributed by atoms with E-state index >= 15 is 0 Å². The molecule has 13 heavy (non-hydrogen) atoms. The van der Waals surface area contributed by atoms with Crippen molar-refractivity contribution in [2.45, 2.75) is 39.3 Å². The third kappa shape index (κ3) is 2.94. The molecule has 0 spiro atoms. The van der Waals surface area contributed by atoms with E-state index < -0.39 is 0 Å². The van der Waals surface area contributed by atoms with Crippen molar-refractivity contribution in [3.8, 4) is 0 Å².